The molecule has 7 nitrogen and oxygen atoms in total. The normalized spacial score (nSPS) is 11.2. The van der Waals surface area contributed by atoms with Gasteiger partial charge in [0.05, 0.1) is 16.4 Å². The maximum Gasteiger partial charge on any atom is 0.265 e. The van der Waals surface area contributed by atoms with E-state index in [0.717, 1.165) is 6.07 Å². The van der Waals surface area contributed by atoms with Crippen LogP contribution in [-0.4, -0.2) is 38.8 Å². The Bertz CT molecular complexity index is 1190. The fourth-order valence-electron chi connectivity index (χ4n) is 2.61. The van der Waals surface area contributed by atoms with E-state index in [9.17, 15) is 17.6 Å². The van der Waals surface area contributed by atoms with Gasteiger partial charge in [0.2, 0.25) is 0 Å². The van der Waals surface area contributed by atoms with E-state index >= 15 is 0 Å². The van der Waals surface area contributed by atoms with Gasteiger partial charge in [0.25, 0.3) is 10.0 Å². The van der Waals surface area contributed by atoms with E-state index in [1.165, 1.54) is 42.7 Å². The van der Waals surface area contributed by atoms with E-state index in [4.69, 9.17) is 11.6 Å². The van der Waals surface area contributed by atoms with Gasteiger partial charge in [0, 0.05) is 37.6 Å². The SMILES string of the molecule is CN(C)c1ncc(Cl)cc1S(=O)(=O)Nc1ccnc(-c2ccc(C=O)cc2F)c1. The molecule has 0 saturated carbocycles. The molecule has 3 aromatic rings. The van der Waals surface area contributed by atoms with Gasteiger partial charge < -0.3 is 4.90 Å². The van der Waals surface area contributed by atoms with Crippen LogP contribution >= 0.6 is 11.6 Å². The van der Waals surface area contributed by atoms with Crippen LogP contribution in [0.2, 0.25) is 5.02 Å². The van der Waals surface area contributed by atoms with Crippen molar-refractivity contribution in [3.63, 3.8) is 0 Å². The Hall–Kier alpha value is -3.04. The van der Waals surface area contributed by atoms with Gasteiger partial charge in [-0.3, -0.25) is 14.5 Å². The summed E-state index contributed by atoms with van der Waals surface area (Å²) in [6, 6.07) is 8.07. The van der Waals surface area contributed by atoms with Crippen LogP contribution in [0.4, 0.5) is 15.9 Å². The standard InChI is InChI=1S/C19H16ClFN4O3S/c1-25(2)19-18(8-13(20)10-23-19)29(27,28)24-14-5-6-22-17(9-14)15-4-3-12(11-26)7-16(15)21/h3-11H,1-2H3,(H,22,24). The number of nitrogens with zero attached hydrogens (tertiary/aromatic N) is 3. The Kier molecular flexibility index (Phi) is 5.81. The Balaban J connectivity index is 1.99. The van der Waals surface area contributed by atoms with Crippen molar-refractivity contribution in [2.75, 3.05) is 23.7 Å². The Labute approximate surface area is 172 Å². The lowest BCUT2D eigenvalue weighted by atomic mass is 10.1. The van der Waals surface area contributed by atoms with Gasteiger partial charge in [0.1, 0.15) is 22.8 Å². The second-order valence-electron chi connectivity index (χ2n) is 6.26. The lowest BCUT2D eigenvalue weighted by Gasteiger charge is -2.17. The van der Waals surface area contributed by atoms with Crippen LogP contribution in [0, 0.1) is 5.82 Å². The number of carbonyl (C=O) groups excluding carboxylic acids is 1. The van der Waals surface area contributed by atoms with Crippen LogP contribution < -0.4 is 9.62 Å². The summed E-state index contributed by atoms with van der Waals surface area (Å²) in [6.07, 6.45) is 3.24. The third kappa shape index (κ3) is 4.52. The zero-order valence-electron chi connectivity index (χ0n) is 15.4. The molecule has 0 unspecified atom stereocenters. The molecule has 0 aliphatic carbocycles. The van der Waals surface area contributed by atoms with E-state index in [-0.39, 0.29) is 38.2 Å². The molecule has 2 heterocycles. The Morgan fingerprint density at radius 2 is 1.90 bits per heavy atom. The number of anilines is 2. The van der Waals surface area contributed by atoms with Gasteiger partial charge in [-0.15, -0.1) is 0 Å². The van der Waals surface area contributed by atoms with Crippen molar-refractivity contribution in [2.45, 2.75) is 4.90 Å². The molecule has 1 N–H and O–H groups in total. The van der Waals surface area contributed by atoms with Crippen LogP contribution in [0.15, 0.2) is 53.7 Å². The lowest BCUT2D eigenvalue weighted by Crippen LogP contribution is -2.20. The highest BCUT2D eigenvalue weighted by Gasteiger charge is 2.22. The van der Waals surface area contributed by atoms with Crippen molar-refractivity contribution in [2.24, 2.45) is 0 Å². The number of pyridine rings is 2. The first-order chi connectivity index (χ1) is 13.7. The van der Waals surface area contributed by atoms with Crippen LogP contribution in [-0.2, 0) is 10.0 Å². The minimum atomic E-state index is -4.04. The number of benzene rings is 1. The van der Waals surface area contributed by atoms with Gasteiger partial charge in [-0.1, -0.05) is 17.7 Å². The molecule has 3 rings (SSSR count). The zero-order valence-corrected chi connectivity index (χ0v) is 17.0. The monoisotopic (exact) mass is 434 g/mol. The molecule has 0 amide bonds. The molecule has 29 heavy (non-hydrogen) atoms. The Morgan fingerprint density at radius 1 is 1.14 bits per heavy atom. The molecule has 0 bridgehead atoms. The molecule has 2 aromatic heterocycles. The van der Waals surface area contributed by atoms with Crippen molar-refractivity contribution in [1.82, 2.24) is 9.97 Å². The topological polar surface area (TPSA) is 92.3 Å². The minimum absolute atomic E-state index is 0.102. The van der Waals surface area contributed by atoms with Gasteiger partial charge in [-0.25, -0.2) is 17.8 Å². The fraction of sp³-hybridized carbons (Fsp3) is 0.105. The quantitative estimate of drug-likeness (QED) is 0.596. The van der Waals surface area contributed by atoms with E-state index in [0.29, 0.717) is 6.29 Å². The van der Waals surface area contributed by atoms with Crippen LogP contribution in [0.3, 0.4) is 0 Å². The molecule has 0 fully saturated rings. The van der Waals surface area contributed by atoms with Crippen LogP contribution in [0.25, 0.3) is 11.3 Å². The van der Waals surface area contributed by atoms with Crippen LogP contribution in [0.5, 0.6) is 0 Å². The maximum atomic E-state index is 14.3. The van der Waals surface area contributed by atoms with Gasteiger partial charge in [-0.05, 0) is 30.3 Å². The molecule has 150 valence electrons. The van der Waals surface area contributed by atoms with Gasteiger partial charge in [0.15, 0.2) is 0 Å². The predicted octanol–water partition coefficient (Wildman–Crippen LogP) is 3.62. The molecule has 0 spiro atoms. The molecule has 0 aliphatic heterocycles. The van der Waals surface area contributed by atoms with Crippen molar-refractivity contribution in [3.8, 4) is 11.3 Å². The molecular weight excluding hydrogens is 419 g/mol. The van der Waals surface area contributed by atoms with Gasteiger partial charge in [-0.2, -0.15) is 0 Å². The Morgan fingerprint density at radius 3 is 2.55 bits per heavy atom. The summed E-state index contributed by atoms with van der Waals surface area (Å²) in [5.74, 6) is -0.428. The number of aromatic nitrogens is 2. The number of halogens is 2. The van der Waals surface area contributed by atoms with E-state index in [1.807, 2.05) is 0 Å². The summed E-state index contributed by atoms with van der Waals surface area (Å²) in [7, 11) is -0.721. The minimum Gasteiger partial charge on any atom is -0.362 e. The van der Waals surface area contributed by atoms with E-state index < -0.39 is 15.8 Å². The number of carbonyl (C=O) groups is 1. The van der Waals surface area contributed by atoms with Gasteiger partial charge >= 0.3 is 0 Å². The average Bonchev–Trinajstić information content (AvgIpc) is 2.67. The molecule has 0 saturated heterocycles. The van der Waals surface area contributed by atoms with Crippen molar-refractivity contribution < 1.29 is 17.6 Å². The van der Waals surface area contributed by atoms with Crippen molar-refractivity contribution in [3.05, 3.63) is 65.2 Å². The molecule has 0 aliphatic rings. The highest BCUT2D eigenvalue weighted by molar-refractivity contribution is 7.92. The average molecular weight is 435 g/mol. The molecule has 10 heteroatoms. The lowest BCUT2D eigenvalue weighted by molar-refractivity contribution is 0.112. The summed E-state index contributed by atoms with van der Waals surface area (Å²) < 4.78 is 42.5. The third-order valence-electron chi connectivity index (χ3n) is 3.93. The first-order valence-corrected chi connectivity index (χ1v) is 10.1. The molecule has 0 atom stereocenters. The van der Waals surface area contributed by atoms with Crippen molar-refractivity contribution in [1.29, 1.82) is 0 Å². The first kappa shape index (κ1) is 20.7. The smallest absolute Gasteiger partial charge is 0.265 e. The zero-order chi connectivity index (χ0) is 21.2. The number of aldehydes is 1. The predicted molar refractivity (Wildman–Crippen MR) is 109 cm³/mol. The molecular formula is C19H16ClFN4O3S. The molecule has 1 aromatic carbocycles. The van der Waals surface area contributed by atoms with Crippen LogP contribution in [0.1, 0.15) is 10.4 Å². The molecule has 0 radical (unpaired) electrons. The second-order valence-corrected chi connectivity index (χ2v) is 8.35. The summed E-state index contributed by atoms with van der Waals surface area (Å²) in [6.45, 7) is 0. The highest BCUT2D eigenvalue weighted by atomic mass is 35.5. The second kappa shape index (κ2) is 8.14. The number of sulfonamides is 1. The van der Waals surface area contributed by atoms with Crippen molar-refractivity contribution >= 4 is 39.4 Å². The maximum absolute atomic E-state index is 14.3. The highest BCUT2D eigenvalue weighted by Crippen LogP contribution is 2.28. The number of rotatable bonds is 6. The summed E-state index contributed by atoms with van der Waals surface area (Å²) in [5, 5.41) is 0.170. The largest absolute Gasteiger partial charge is 0.362 e. The van der Waals surface area contributed by atoms with E-state index in [1.54, 1.807) is 19.0 Å². The number of hydrogen-bond acceptors (Lipinski definition) is 6. The first-order valence-electron chi connectivity index (χ1n) is 8.28. The fourth-order valence-corrected chi connectivity index (χ4v) is 4.14. The number of nitrogens with one attached hydrogen (secondary N) is 1. The third-order valence-corrected chi connectivity index (χ3v) is 5.52. The van der Waals surface area contributed by atoms with E-state index in [2.05, 4.69) is 14.7 Å². The number of hydrogen-bond donors (Lipinski definition) is 1. The summed E-state index contributed by atoms with van der Waals surface area (Å²) in [4.78, 5) is 20.4. The summed E-state index contributed by atoms with van der Waals surface area (Å²) >= 11 is 5.93. The summed E-state index contributed by atoms with van der Waals surface area (Å²) in [5.41, 5.74) is 0.707.